The maximum atomic E-state index is 12.4. The first-order valence-electron chi connectivity index (χ1n) is 8.62. The fraction of sp³-hybridized carbons (Fsp3) is 0.333. The first-order valence-corrected chi connectivity index (χ1v) is 8.62. The number of benzene rings is 2. The summed E-state index contributed by atoms with van der Waals surface area (Å²) in [6, 6.07) is 11.7. The quantitative estimate of drug-likeness (QED) is 0.882. The van der Waals surface area contributed by atoms with Crippen LogP contribution in [0.5, 0.6) is 0 Å². The molecule has 2 aromatic carbocycles. The molecule has 1 aliphatic carbocycles. The molecule has 0 unspecified atom stereocenters. The van der Waals surface area contributed by atoms with Gasteiger partial charge in [0.05, 0.1) is 11.8 Å². The van der Waals surface area contributed by atoms with Gasteiger partial charge >= 0.3 is 0 Å². The van der Waals surface area contributed by atoms with Gasteiger partial charge in [-0.25, -0.2) is 0 Å². The lowest BCUT2D eigenvalue weighted by molar-refractivity contribution is -0.122. The molecule has 0 saturated heterocycles. The van der Waals surface area contributed by atoms with Crippen LogP contribution in [0.3, 0.4) is 0 Å². The third kappa shape index (κ3) is 3.58. The minimum atomic E-state index is -0.245. The van der Waals surface area contributed by atoms with Gasteiger partial charge in [0.2, 0.25) is 11.8 Å². The summed E-state index contributed by atoms with van der Waals surface area (Å²) < 4.78 is 0. The molecule has 0 aromatic heterocycles. The van der Waals surface area contributed by atoms with E-state index in [-0.39, 0.29) is 23.7 Å². The third-order valence-corrected chi connectivity index (χ3v) is 5.19. The number of hydrogen-bond acceptors (Lipinski definition) is 2. The van der Waals surface area contributed by atoms with E-state index >= 15 is 0 Å². The zero-order valence-corrected chi connectivity index (χ0v) is 15.1. The number of hydrogen-bond donors (Lipinski definition) is 2. The monoisotopic (exact) mass is 336 g/mol. The fourth-order valence-corrected chi connectivity index (χ4v) is 3.00. The summed E-state index contributed by atoms with van der Waals surface area (Å²) in [7, 11) is 0. The predicted octanol–water partition coefficient (Wildman–Crippen LogP) is 4.13. The van der Waals surface area contributed by atoms with Crippen LogP contribution in [0.4, 0.5) is 11.4 Å². The van der Waals surface area contributed by atoms with Gasteiger partial charge in [-0.05, 0) is 68.5 Å². The molecule has 4 heteroatoms. The fourth-order valence-electron chi connectivity index (χ4n) is 3.00. The van der Waals surface area contributed by atoms with Gasteiger partial charge in [0.1, 0.15) is 0 Å². The van der Waals surface area contributed by atoms with Crippen molar-refractivity contribution in [3.8, 4) is 0 Å². The van der Waals surface area contributed by atoms with Crippen LogP contribution in [0.25, 0.3) is 0 Å². The Morgan fingerprint density at radius 2 is 1.16 bits per heavy atom. The Hall–Kier alpha value is -2.62. The molecule has 4 nitrogen and oxygen atoms in total. The largest absolute Gasteiger partial charge is 0.326 e. The van der Waals surface area contributed by atoms with Gasteiger partial charge < -0.3 is 10.6 Å². The van der Waals surface area contributed by atoms with Gasteiger partial charge in [0, 0.05) is 11.4 Å². The van der Waals surface area contributed by atoms with Crippen LogP contribution in [-0.4, -0.2) is 11.8 Å². The van der Waals surface area contributed by atoms with Crippen molar-refractivity contribution in [2.24, 2.45) is 11.8 Å². The van der Waals surface area contributed by atoms with Gasteiger partial charge in [-0.15, -0.1) is 0 Å². The maximum absolute atomic E-state index is 12.4. The number of anilines is 2. The highest BCUT2D eigenvalue weighted by Gasteiger charge is 2.48. The van der Waals surface area contributed by atoms with Crippen LogP contribution in [0.2, 0.25) is 0 Å². The number of carbonyl (C=O) groups is 2. The van der Waals surface area contributed by atoms with E-state index in [1.54, 1.807) is 0 Å². The second-order valence-electron chi connectivity index (χ2n) is 6.92. The Labute approximate surface area is 148 Å². The summed E-state index contributed by atoms with van der Waals surface area (Å²) in [4.78, 5) is 24.9. The Kier molecular flexibility index (Phi) is 4.62. The molecule has 3 rings (SSSR count). The van der Waals surface area contributed by atoms with Crippen LogP contribution in [-0.2, 0) is 9.59 Å². The van der Waals surface area contributed by atoms with E-state index in [0.29, 0.717) is 6.42 Å². The van der Waals surface area contributed by atoms with E-state index in [1.807, 2.05) is 64.1 Å². The molecule has 1 aliphatic rings. The van der Waals surface area contributed by atoms with Crippen molar-refractivity contribution in [2.45, 2.75) is 34.1 Å². The molecule has 0 heterocycles. The Bertz CT molecular complexity index is 772. The Morgan fingerprint density at radius 3 is 1.56 bits per heavy atom. The number of carbonyl (C=O) groups excluding carboxylic acids is 2. The topological polar surface area (TPSA) is 58.2 Å². The van der Waals surface area contributed by atoms with Crippen molar-refractivity contribution in [3.63, 3.8) is 0 Å². The lowest BCUT2D eigenvalue weighted by Gasteiger charge is -2.11. The minimum Gasteiger partial charge on any atom is -0.326 e. The summed E-state index contributed by atoms with van der Waals surface area (Å²) in [5.41, 5.74) is 6.05. The smallest absolute Gasteiger partial charge is 0.228 e. The molecule has 0 bridgehead atoms. The normalized spacial score (nSPS) is 18.6. The molecule has 0 spiro atoms. The number of nitrogens with one attached hydrogen (secondary N) is 2. The van der Waals surface area contributed by atoms with Crippen molar-refractivity contribution in [1.29, 1.82) is 0 Å². The molecule has 25 heavy (non-hydrogen) atoms. The summed E-state index contributed by atoms with van der Waals surface area (Å²) in [5.74, 6) is -0.639. The van der Waals surface area contributed by atoms with Crippen LogP contribution in [0.15, 0.2) is 36.4 Å². The highest BCUT2D eigenvalue weighted by molar-refractivity contribution is 6.03. The van der Waals surface area contributed by atoms with Crippen molar-refractivity contribution in [2.75, 3.05) is 10.6 Å². The molecular weight excluding hydrogens is 312 g/mol. The van der Waals surface area contributed by atoms with Crippen molar-refractivity contribution >= 4 is 23.2 Å². The summed E-state index contributed by atoms with van der Waals surface area (Å²) in [6.45, 7) is 8.01. The molecule has 0 aliphatic heterocycles. The van der Waals surface area contributed by atoms with Gasteiger partial charge in [-0.3, -0.25) is 9.59 Å². The maximum Gasteiger partial charge on any atom is 0.228 e. The van der Waals surface area contributed by atoms with Gasteiger partial charge in [-0.1, -0.05) is 24.3 Å². The minimum absolute atomic E-state index is 0.0742. The highest BCUT2D eigenvalue weighted by atomic mass is 16.2. The molecule has 2 aromatic rings. The average molecular weight is 336 g/mol. The number of rotatable bonds is 4. The molecule has 2 amide bonds. The van der Waals surface area contributed by atoms with Crippen LogP contribution in [0.1, 0.15) is 28.7 Å². The molecule has 130 valence electrons. The third-order valence-electron chi connectivity index (χ3n) is 5.19. The standard InChI is InChI=1S/C21H24N2O2/c1-12-7-5-9-18(14(12)3)22-20(24)16-11-17(16)21(25)23-19-10-6-8-13(2)15(19)4/h5-10,16-17H,11H2,1-4H3,(H,22,24)(H,23,25)/t16-,17-/m1/s1. The Balaban J connectivity index is 1.62. The zero-order valence-electron chi connectivity index (χ0n) is 15.1. The number of amides is 2. The zero-order chi connectivity index (χ0) is 18.1. The second kappa shape index (κ2) is 6.71. The van der Waals surface area contributed by atoms with Crippen LogP contribution in [0, 0.1) is 39.5 Å². The second-order valence-corrected chi connectivity index (χ2v) is 6.92. The number of aryl methyl sites for hydroxylation is 2. The van der Waals surface area contributed by atoms with E-state index in [4.69, 9.17) is 0 Å². The molecular formula is C21H24N2O2. The molecule has 2 atom stereocenters. The van der Waals surface area contributed by atoms with Crippen LogP contribution < -0.4 is 10.6 Å². The van der Waals surface area contributed by atoms with E-state index in [2.05, 4.69) is 10.6 Å². The SMILES string of the molecule is Cc1cccc(NC(=O)[C@@H]2C[C@H]2C(=O)Nc2cccc(C)c2C)c1C. The first-order chi connectivity index (χ1) is 11.9. The van der Waals surface area contributed by atoms with E-state index in [9.17, 15) is 9.59 Å². The summed E-state index contributed by atoms with van der Waals surface area (Å²) in [5, 5.41) is 5.93. The van der Waals surface area contributed by atoms with E-state index in [1.165, 1.54) is 0 Å². The van der Waals surface area contributed by atoms with E-state index in [0.717, 1.165) is 33.6 Å². The lowest BCUT2D eigenvalue weighted by atomic mass is 10.1. The van der Waals surface area contributed by atoms with Gasteiger partial charge in [0.25, 0.3) is 0 Å². The van der Waals surface area contributed by atoms with Gasteiger partial charge in [0.15, 0.2) is 0 Å². The molecule has 0 radical (unpaired) electrons. The average Bonchev–Trinajstić information content (AvgIpc) is 3.37. The molecule has 2 N–H and O–H groups in total. The van der Waals surface area contributed by atoms with Gasteiger partial charge in [-0.2, -0.15) is 0 Å². The highest BCUT2D eigenvalue weighted by Crippen LogP contribution is 2.40. The first kappa shape index (κ1) is 17.2. The molecule has 1 saturated carbocycles. The van der Waals surface area contributed by atoms with Crippen LogP contribution >= 0.6 is 0 Å². The van der Waals surface area contributed by atoms with E-state index < -0.39 is 0 Å². The Morgan fingerprint density at radius 1 is 0.760 bits per heavy atom. The van der Waals surface area contributed by atoms with Crippen molar-refractivity contribution in [1.82, 2.24) is 0 Å². The lowest BCUT2D eigenvalue weighted by Crippen LogP contribution is -2.21. The van der Waals surface area contributed by atoms with Crippen molar-refractivity contribution in [3.05, 3.63) is 58.7 Å². The summed E-state index contributed by atoms with van der Waals surface area (Å²) in [6.07, 6.45) is 0.605. The molecule has 1 fully saturated rings. The predicted molar refractivity (Wildman–Crippen MR) is 101 cm³/mol. The summed E-state index contributed by atoms with van der Waals surface area (Å²) >= 11 is 0. The van der Waals surface area contributed by atoms with Crippen molar-refractivity contribution < 1.29 is 9.59 Å².